The van der Waals surface area contributed by atoms with E-state index in [-0.39, 0.29) is 12.8 Å². The number of ether oxygens (including phenoxy) is 1. The lowest BCUT2D eigenvalue weighted by Crippen LogP contribution is -2.42. The molecule has 0 aliphatic rings. The van der Waals surface area contributed by atoms with Crippen LogP contribution in [-0.4, -0.2) is 30.8 Å². The summed E-state index contributed by atoms with van der Waals surface area (Å²) < 4.78 is 5.47. The van der Waals surface area contributed by atoms with Crippen molar-refractivity contribution in [3.05, 3.63) is 28.2 Å². The Hall–Kier alpha value is -1.13. The van der Waals surface area contributed by atoms with Crippen molar-refractivity contribution in [3.63, 3.8) is 0 Å². The van der Waals surface area contributed by atoms with Crippen molar-refractivity contribution in [2.24, 2.45) is 0 Å². The summed E-state index contributed by atoms with van der Waals surface area (Å²) >= 11 is 11.8. The first-order valence-corrected chi connectivity index (χ1v) is 8.44. The van der Waals surface area contributed by atoms with Gasteiger partial charge in [0.05, 0.1) is 5.02 Å². The highest BCUT2D eigenvalue weighted by Gasteiger charge is 2.12. The molecule has 1 N–H and O–H groups in total. The van der Waals surface area contributed by atoms with Gasteiger partial charge in [-0.2, -0.15) is 0 Å². The van der Waals surface area contributed by atoms with E-state index < -0.39 is 0 Å². The van der Waals surface area contributed by atoms with Gasteiger partial charge in [0, 0.05) is 18.1 Å². The van der Waals surface area contributed by atoms with Crippen LogP contribution in [0.25, 0.3) is 0 Å². The number of carbonyl (C=O) groups excluding carboxylic acids is 1. The van der Waals surface area contributed by atoms with Crippen molar-refractivity contribution in [1.82, 2.24) is 10.2 Å². The minimum atomic E-state index is -0.105. The van der Waals surface area contributed by atoms with E-state index in [0.717, 1.165) is 38.8 Å². The molecule has 0 aromatic heterocycles. The van der Waals surface area contributed by atoms with Crippen LogP contribution in [0.5, 0.6) is 5.75 Å². The first kappa shape index (κ1) is 18.9. The molecule has 0 radical (unpaired) electrons. The summed E-state index contributed by atoms with van der Waals surface area (Å²) in [5.74, 6) is 0.500. The molecule has 0 aliphatic heterocycles. The molecule has 0 fully saturated rings. The fourth-order valence-electron chi connectivity index (χ4n) is 1.89. The maximum Gasteiger partial charge on any atom is 0.320 e. The van der Waals surface area contributed by atoms with Crippen LogP contribution in [0.1, 0.15) is 39.5 Å². The quantitative estimate of drug-likeness (QED) is 0.643. The van der Waals surface area contributed by atoms with E-state index in [1.807, 2.05) is 4.90 Å². The van der Waals surface area contributed by atoms with Crippen LogP contribution in [-0.2, 0) is 0 Å². The molecule has 0 heterocycles. The molecule has 0 saturated heterocycles. The molecule has 124 valence electrons. The van der Waals surface area contributed by atoms with E-state index in [1.54, 1.807) is 18.2 Å². The molecule has 1 aromatic rings. The molecule has 4 nitrogen and oxygen atoms in total. The van der Waals surface area contributed by atoms with Crippen LogP contribution in [0.2, 0.25) is 10.0 Å². The summed E-state index contributed by atoms with van der Waals surface area (Å²) in [6.45, 7) is 5.84. The molecule has 0 unspecified atom stereocenters. The smallest absolute Gasteiger partial charge is 0.320 e. The van der Waals surface area contributed by atoms with Crippen LogP contribution in [0, 0.1) is 0 Å². The van der Waals surface area contributed by atoms with Gasteiger partial charge in [-0.15, -0.1) is 0 Å². The van der Waals surface area contributed by atoms with Crippen molar-refractivity contribution < 1.29 is 9.53 Å². The van der Waals surface area contributed by atoms with Crippen molar-refractivity contribution in [2.75, 3.05) is 19.8 Å². The standard InChI is InChI=1S/C16H24Cl2N2O2/c1-3-5-9-20(10-6-4-2)16(21)19-12-22-15-8-7-13(17)11-14(15)18/h7-8,11H,3-6,9-10,12H2,1-2H3,(H,19,21). The minimum Gasteiger partial charge on any atom is -0.472 e. The van der Waals surface area contributed by atoms with E-state index in [1.165, 1.54) is 0 Å². The predicted octanol–water partition coefficient (Wildman–Crippen LogP) is 4.94. The van der Waals surface area contributed by atoms with Gasteiger partial charge in [-0.3, -0.25) is 0 Å². The second-order valence-corrected chi connectivity index (χ2v) is 5.88. The highest BCUT2D eigenvalue weighted by molar-refractivity contribution is 6.35. The lowest BCUT2D eigenvalue weighted by atomic mass is 10.3. The first-order chi connectivity index (χ1) is 10.6. The Kier molecular flexibility index (Phi) is 9.09. The molecule has 0 aliphatic carbocycles. The Morgan fingerprint density at radius 2 is 1.82 bits per heavy atom. The molecule has 0 atom stereocenters. The molecular weight excluding hydrogens is 323 g/mol. The molecule has 0 spiro atoms. The fourth-order valence-corrected chi connectivity index (χ4v) is 2.36. The molecular formula is C16H24Cl2N2O2. The largest absolute Gasteiger partial charge is 0.472 e. The molecule has 1 aromatic carbocycles. The Morgan fingerprint density at radius 3 is 2.36 bits per heavy atom. The SMILES string of the molecule is CCCCN(CCCC)C(=O)NCOc1ccc(Cl)cc1Cl. The van der Waals surface area contributed by atoms with Gasteiger partial charge < -0.3 is 15.0 Å². The maximum absolute atomic E-state index is 12.2. The molecule has 0 saturated carbocycles. The van der Waals surface area contributed by atoms with Crippen molar-refractivity contribution in [3.8, 4) is 5.75 Å². The number of rotatable bonds is 9. The van der Waals surface area contributed by atoms with Gasteiger partial charge in [-0.05, 0) is 31.0 Å². The summed E-state index contributed by atoms with van der Waals surface area (Å²) in [5, 5.41) is 3.74. The molecule has 0 bridgehead atoms. The molecule has 22 heavy (non-hydrogen) atoms. The zero-order chi connectivity index (χ0) is 16.4. The van der Waals surface area contributed by atoms with E-state index in [4.69, 9.17) is 27.9 Å². The van der Waals surface area contributed by atoms with Crippen LogP contribution in [0.4, 0.5) is 4.79 Å². The van der Waals surface area contributed by atoms with E-state index >= 15 is 0 Å². The number of urea groups is 1. The third-order valence-corrected chi connectivity index (χ3v) is 3.73. The summed E-state index contributed by atoms with van der Waals surface area (Å²) in [6, 6.07) is 4.88. The van der Waals surface area contributed by atoms with Gasteiger partial charge in [0.25, 0.3) is 0 Å². The third-order valence-electron chi connectivity index (χ3n) is 3.20. The van der Waals surface area contributed by atoms with Crippen molar-refractivity contribution in [1.29, 1.82) is 0 Å². The summed E-state index contributed by atoms with van der Waals surface area (Å²) in [7, 11) is 0. The van der Waals surface area contributed by atoms with Gasteiger partial charge in [0.2, 0.25) is 0 Å². The Bertz CT molecular complexity index is 461. The van der Waals surface area contributed by atoms with Gasteiger partial charge in [0.1, 0.15) is 5.75 Å². The summed E-state index contributed by atoms with van der Waals surface area (Å²) in [4.78, 5) is 14.0. The number of amides is 2. The van der Waals surface area contributed by atoms with Crippen molar-refractivity contribution >= 4 is 29.2 Å². The zero-order valence-corrected chi connectivity index (χ0v) is 14.7. The van der Waals surface area contributed by atoms with E-state index in [2.05, 4.69) is 19.2 Å². The maximum atomic E-state index is 12.2. The second kappa shape index (κ2) is 10.6. The van der Waals surface area contributed by atoms with Gasteiger partial charge in [-0.1, -0.05) is 49.9 Å². The van der Waals surface area contributed by atoms with E-state index in [9.17, 15) is 4.79 Å². The Labute approximate surface area is 142 Å². The zero-order valence-electron chi connectivity index (χ0n) is 13.2. The Balaban J connectivity index is 2.44. The lowest BCUT2D eigenvalue weighted by Gasteiger charge is -2.23. The van der Waals surface area contributed by atoms with Crippen LogP contribution in [0.3, 0.4) is 0 Å². The van der Waals surface area contributed by atoms with Crippen LogP contribution >= 0.6 is 23.2 Å². The number of unbranched alkanes of at least 4 members (excludes halogenated alkanes) is 2. The minimum absolute atomic E-state index is 0.0783. The number of hydrogen-bond acceptors (Lipinski definition) is 2. The number of carbonyl (C=O) groups is 1. The highest BCUT2D eigenvalue weighted by atomic mass is 35.5. The fraction of sp³-hybridized carbons (Fsp3) is 0.562. The number of benzene rings is 1. The average molecular weight is 347 g/mol. The predicted molar refractivity (Wildman–Crippen MR) is 91.9 cm³/mol. The summed E-state index contributed by atoms with van der Waals surface area (Å²) in [6.07, 6.45) is 4.13. The molecule has 1 rings (SSSR count). The van der Waals surface area contributed by atoms with Gasteiger partial charge >= 0.3 is 6.03 Å². The average Bonchev–Trinajstić information content (AvgIpc) is 2.49. The first-order valence-electron chi connectivity index (χ1n) is 7.69. The monoisotopic (exact) mass is 346 g/mol. The molecule has 6 heteroatoms. The number of hydrogen-bond donors (Lipinski definition) is 1. The number of halogens is 2. The topological polar surface area (TPSA) is 41.6 Å². The molecule has 2 amide bonds. The lowest BCUT2D eigenvalue weighted by molar-refractivity contribution is 0.183. The number of nitrogens with one attached hydrogen (secondary N) is 1. The van der Waals surface area contributed by atoms with Crippen molar-refractivity contribution in [2.45, 2.75) is 39.5 Å². The highest BCUT2D eigenvalue weighted by Crippen LogP contribution is 2.27. The van der Waals surface area contributed by atoms with Crippen LogP contribution in [0.15, 0.2) is 18.2 Å². The van der Waals surface area contributed by atoms with Gasteiger partial charge in [0.15, 0.2) is 6.73 Å². The van der Waals surface area contributed by atoms with Gasteiger partial charge in [-0.25, -0.2) is 4.79 Å². The normalized spacial score (nSPS) is 10.4. The van der Waals surface area contributed by atoms with E-state index in [0.29, 0.717) is 15.8 Å². The number of nitrogens with zero attached hydrogens (tertiary/aromatic N) is 1. The Morgan fingerprint density at radius 1 is 1.18 bits per heavy atom. The second-order valence-electron chi connectivity index (χ2n) is 5.04. The van der Waals surface area contributed by atoms with Crippen LogP contribution < -0.4 is 10.1 Å². The third kappa shape index (κ3) is 6.75. The summed E-state index contributed by atoms with van der Waals surface area (Å²) in [5.41, 5.74) is 0.